The average Bonchev–Trinajstić information content (AvgIpc) is 3.05. The number of carbonyl (C=O) groups excluding carboxylic acids is 1. The fourth-order valence-corrected chi connectivity index (χ4v) is 3.68. The first-order valence-electron chi connectivity index (χ1n) is 7.57. The summed E-state index contributed by atoms with van der Waals surface area (Å²) in [6.07, 6.45) is 3.99. The lowest BCUT2D eigenvalue weighted by Crippen LogP contribution is -2.47. The second-order valence-electron chi connectivity index (χ2n) is 6.25. The average molecular weight is 285 g/mol. The largest absolute Gasteiger partial charge is 0.462 e. The molecule has 2 aromatic rings. The number of nitrogens with zero attached hydrogens (tertiary/aromatic N) is 2. The summed E-state index contributed by atoms with van der Waals surface area (Å²) in [6.45, 7) is 5.21. The van der Waals surface area contributed by atoms with Gasteiger partial charge in [-0.3, -0.25) is 4.79 Å². The van der Waals surface area contributed by atoms with E-state index in [-0.39, 0.29) is 11.9 Å². The van der Waals surface area contributed by atoms with Crippen LogP contribution in [0.3, 0.4) is 0 Å². The molecule has 5 heteroatoms. The van der Waals surface area contributed by atoms with Gasteiger partial charge in [0.1, 0.15) is 5.69 Å². The number of aryl methyl sites for hydroxylation is 1. The van der Waals surface area contributed by atoms with Crippen LogP contribution in [0, 0.1) is 12.8 Å². The van der Waals surface area contributed by atoms with Gasteiger partial charge in [0, 0.05) is 24.5 Å². The standard InChI is InChI=1S/C16H19N3O2/c1-10-15-12(3-5-21-15)7-14(17-10)16(20)18-13-6-11-2-4-19(8-11)9-13/h3,5,7,11,13H,2,4,6,8-9H2,1H3,(H,18,20)/t11-,13+/m0/s1. The normalized spacial score (nSPS) is 28.0. The van der Waals surface area contributed by atoms with Gasteiger partial charge in [0.05, 0.1) is 12.0 Å². The summed E-state index contributed by atoms with van der Waals surface area (Å²) in [5.74, 6) is 0.670. The number of aromatic nitrogens is 1. The predicted molar refractivity (Wildman–Crippen MR) is 79.2 cm³/mol. The smallest absolute Gasteiger partial charge is 0.270 e. The number of hydrogen-bond donors (Lipinski definition) is 1. The van der Waals surface area contributed by atoms with Crippen molar-refractivity contribution in [1.82, 2.24) is 15.2 Å². The van der Waals surface area contributed by atoms with Gasteiger partial charge in [0.2, 0.25) is 0 Å². The SMILES string of the molecule is Cc1nc(C(=O)N[C@@H]2C[C@@H]3CCN(C3)C2)cc2ccoc12. The molecule has 2 aromatic heterocycles. The molecule has 0 radical (unpaired) electrons. The van der Waals surface area contributed by atoms with Gasteiger partial charge in [0.15, 0.2) is 5.58 Å². The first-order valence-corrected chi connectivity index (χ1v) is 7.57. The number of amides is 1. The van der Waals surface area contributed by atoms with Crippen molar-refractivity contribution in [1.29, 1.82) is 0 Å². The molecule has 2 bridgehead atoms. The number of nitrogens with one attached hydrogen (secondary N) is 1. The van der Waals surface area contributed by atoms with Gasteiger partial charge in [-0.1, -0.05) is 0 Å². The predicted octanol–water partition coefficient (Wildman–Crippen LogP) is 1.96. The highest BCUT2D eigenvalue weighted by Gasteiger charge is 2.33. The Bertz CT molecular complexity index is 682. The van der Waals surface area contributed by atoms with Gasteiger partial charge < -0.3 is 14.6 Å². The van der Waals surface area contributed by atoms with Crippen LogP contribution >= 0.6 is 0 Å². The third kappa shape index (κ3) is 2.31. The van der Waals surface area contributed by atoms with Crippen molar-refractivity contribution in [3.05, 3.63) is 29.8 Å². The molecule has 0 saturated carbocycles. The zero-order chi connectivity index (χ0) is 14.4. The molecule has 2 fully saturated rings. The second-order valence-corrected chi connectivity index (χ2v) is 6.25. The molecule has 4 heterocycles. The maximum absolute atomic E-state index is 12.4. The molecular formula is C16H19N3O2. The minimum absolute atomic E-state index is 0.0753. The summed E-state index contributed by atoms with van der Waals surface area (Å²) in [5, 5.41) is 4.08. The van der Waals surface area contributed by atoms with Crippen LogP contribution in [0.25, 0.3) is 11.0 Å². The molecule has 1 amide bonds. The molecule has 5 nitrogen and oxygen atoms in total. The summed E-state index contributed by atoms with van der Waals surface area (Å²) in [7, 11) is 0. The molecule has 2 aliphatic rings. The monoisotopic (exact) mass is 285 g/mol. The van der Waals surface area contributed by atoms with Gasteiger partial charge >= 0.3 is 0 Å². The number of piperidine rings is 1. The molecule has 2 saturated heterocycles. The van der Waals surface area contributed by atoms with Crippen LogP contribution in [0.15, 0.2) is 22.8 Å². The van der Waals surface area contributed by atoms with Crippen LogP contribution in [0.1, 0.15) is 29.0 Å². The first-order chi connectivity index (χ1) is 10.2. The van der Waals surface area contributed by atoms with E-state index in [4.69, 9.17) is 4.42 Å². The second kappa shape index (κ2) is 4.84. The van der Waals surface area contributed by atoms with E-state index >= 15 is 0 Å². The Kier molecular flexibility index (Phi) is 2.96. The van der Waals surface area contributed by atoms with Crippen molar-refractivity contribution in [3.63, 3.8) is 0 Å². The van der Waals surface area contributed by atoms with Crippen molar-refractivity contribution < 1.29 is 9.21 Å². The van der Waals surface area contributed by atoms with Crippen molar-refractivity contribution >= 4 is 16.9 Å². The minimum Gasteiger partial charge on any atom is -0.462 e. The number of pyridine rings is 1. The van der Waals surface area contributed by atoms with Gasteiger partial charge in [-0.15, -0.1) is 0 Å². The van der Waals surface area contributed by atoms with E-state index in [0.717, 1.165) is 35.5 Å². The van der Waals surface area contributed by atoms with Gasteiger partial charge in [0.25, 0.3) is 5.91 Å². The fourth-order valence-electron chi connectivity index (χ4n) is 3.68. The molecule has 1 unspecified atom stereocenters. The van der Waals surface area contributed by atoms with Crippen LogP contribution in [0.2, 0.25) is 0 Å². The van der Waals surface area contributed by atoms with E-state index in [2.05, 4.69) is 15.2 Å². The lowest BCUT2D eigenvalue weighted by Gasteiger charge is -2.30. The summed E-state index contributed by atoms with van der Waals surface area (Å²) in [5.41, 5.74) is 2.00. The van der Waals surface area contributed by atoms with Crippen LogP contribution in [-0.4, -0.2) is 41.5 Å². The van der Waals surface area contributed by atoms with E-state index in [9.17, 15) is 4.79 Å². The Labute approximate surface area is 123 Å². The van der Waals surface area contributed by atoms with Crippen LogP contribution in [0.4, 0.5) is 0 Å². The quantitative estimate of drug-likeness (QED) is 0.916. The Balaban J connectivity index is 1.53. The van der Waals surface area contributed by atoms with E-state index < -0.39 is 0 Å². The van der Waals surface area contributed by atoms with Gasteiger partial charge in [-0.2, -0.15) is 0 Å². The highest BCUT2D eigenvalue weighted by molar-refractivity contribution is 5.96. The lowest BCUT2D eigenvalue weighted by atomic mass is 9.97. The fraction of sp³-hybridized carbons (Fsp3) is 0.500. The maximum Gasteiger partial charge on any atom is 0.270 e. The van der Waals surface area contributed by atoms with Crippen LogP contribution in [-0.2, 0) is 0 Å². The molecule has 3 atom stereocenters. The maximum atomic E-state index is 12.4. The van der Waals surface area contributed by atoms with Crippen molar-refractivity contribution in [2.75, 3.05) is 19.6 Å². The van der Waals surface area contributed by atoms with Crippen molar-refractivity contribution in [3.8, 4) is 0 Å². The third-order valence-corrected chi connectivity index (χ3v) is 4.64. The third-order valence-electron chi connectivity index (χ3n) is 4.64. The number of rotatable bonds is 2. The Morgan fingerprint density at radius 1 is 1.48 bits per heavy atom. The summed E-state index contributed by atoms with van der Waals surface area (Å²) in [4.78, 5) is 19.3. The van der Waals surface area contributed by atoms with Gasteiger partial charge in [-0.25, -0.2) is 4.98 Å². The first kappa shape index (κ1) is 12.8. The summed E-state index contributed by atoms with van der Waals surface area (Å²) in [6, 6.07) is 3.92. The highest BCUT2D eigenvalue weighted by atomic mass is 16.3. The van der Waals surface area contributed by atoms with Gasteiger partial charge in [-0.05, 0) is 44.4 Å². The number of hydrogen-bond acceptors (Lipinski definition) is 4. The molecule has 0 aromatic carbocycles. The Morgan fingerprint density at radius 3 is 3.24 bits per heavy atom. The molecule has 1 N–H and O–H groups in total. The van der Waals surface area contributed by atoms with Crippen molar-refractivity contribution in [2.45, 2.75) is 25.8 Å². The van der Waals surface area contributed by atoms with Crippen molar-refractivity contribution in [2.24, 2.45) is 5.92 Å². The topological polar surface area (TPSA) is 58.4 Å². The number of carbonyl (C=O) groups is 1. The zero-order valence-corrected chi connectivity index (χ0v) is 12.1. The molecular weight excluding hydrogens is 266 g/mol. The van der Waals surface area contributed by atoms with E-state index in [1.807, 2.05) is 13.0 Å². The zero-order valence-electron chi connectivity index (χ0n) is 12.1. The number of fused-ring (bicyclic) bond motifs is 3. The molecule has 4 rings (SSSR count). The van der Waals surface area contributed by atoms with Crippen LogP contribution < -0.4 is 5.32 Å². The Hall–Kier alpha value is -1.88. The van der Waals surface area contributed by atoms with E-state index in [1.54, 1.807) is 12.3 Å². The Morgan fingerprint density at radius 2 is 2.38 bits per heavy atom. The highest BCUT2D eigenvalue weighted by Crippen LogP contribution is 2.27. The molecule has 0 spiro atoms. The molecule has 2 aliphatic heterocycles. The van der Waals surface area contributed by atoms with Crippen LogP contribution in [0.5, 0.6) is 0 Å². The molecule has 21 heavy (non-hydrogen) atoms. The summed E-state index contributed by atoms with van der Waals surface area (Å²) >= 11 is 0. The lowest BCUT2D eigenvalue weighted by molar-refractivity contribution is 0.0904. The molecule has 0 aliphatic carbocycles. The summed E-state index contributed by atoms with van der Waals surface area (Å²) < 4.78 is 5.37. The number of furan rings is 1. The molecule has 110 valence electrons. The minimum atomic E-state index is -0.0753. The van der Waals surface area contributed by atoms with E-state index in [1.165, 1.54) is 19.5 Å². The van der Waals surface area contributed by atoms with E-state index in [0.29, 0.717) is 5.69 Å².